The minimum absolute atomic E-state index is 0.331. The van der Waals surface area contributed by atoms with Gasteiger partial charge < -0.3 is 0 Å². The molecule has 3 rings (SSSR count). The van der Waals surface area contributed by atoms with E-state index in [-0.39, 0.29) is 0 Å². The lowest BCUT2D eigenvalue weighted by Crippen LogP contribution is -2.49. The Balaban J connectivity index is 2.24. The van der Waals surface area contributed by atoms with E-state index >= 15 is 0 Å². The van der Waals surface area contributed by atoms with Crippen molar-refractivity contribution in [1.82, 2.24) is 0 Å². The van der Waals surface area contributed by atoms with Crippen LogP contribution in [0.15, 0.2) is 47.2 Å². The van der Waals surface area contributed by atoms with Crippen LogP contribution in [0.3, 0.4) is 0 Å². The van der Waals surface area contributed by atoms with Crippen molar-refractivity contribution >= 4 is 19.0 Å². The van der Waals surface area contributed by atoms with Crippen LogP contribution in [0.2, 0.25) is 13.1 Å². The first-order chi connectivity index (χ1) is 8.10. The van der Waals surface area contributed by atoms with Crippen molar-refractivity contribution in [1.29, 1.82) is 0 Å². The molecule has 1 aromatic carbocycles. The lowest BCUT2D eigenvalue weighted by molar-refractivity contribution is -0.115. The van der Waals surface area contributed by atoms with Crippen LogP contribution in [0, 0.1) is 0 Å². The summed E-state index contributed by atoms with van der Waals surface area (Å²) in [5, 5.41) is 2.85. The van der Waals surface area contributed by atoms with E-state index in [0.29, 0.717) is 12.2 Å². The standard InChI is InChI=1S/C15H16OSi/c1-17(2)14-8-4-3-6-11(14)10-12-13(16)7-5-9-15(12)17/h3-6,8-9H,7,10H2,1-2H3. The molecule has 1 aliphatic heterocycles. The number of benzene rings is 1. The van der Waals surface area contributed by atoms with Gasteiger partial charge in [-0.3, -0.25) is 4.79 Å². The molecule has 0 amide bonds. The molecule has 1 aromatic rings. The quantitative estimate of drug-likeness (QED) is 0.637. The maximum atomic E-state index is 12.0. The number of fused-ring (bicyclic) bond motifs is 1. The van der Waals surface area contributed by atoms with E-state index in [1.54, 1.807) is 0 Å². The van der Waals surface area contributed by atoms with Crippen LogP contribution in [-0.4, -0.2) is 13.9 Å². The van der Waals surface area contributed by atoms with Crippen molar-refractivity contribution in [2.24, 2.45) is 0 Å². The van der Waals surface area contributed by atoms with Crippen molar-refractivity contribution in [3.63, 3.8) is 0 Å². The van der Waals surface area contributed by atoms with Crippen LogP contribution >= 0.6 is 0 Å². The lowest BCUT2D eigenvalue weighted by atomic mass is 9.95. The smallest absolute Gasteiger partial charge is 0.162 e. The highest BCUT2D eigenvalue weighted by molar-refractivity contribution is 6.97. The maximum Gasteiger partial charge on any atom is 0.162 e. The molecule has 0 atom stereocenters. The zero-order valence-corrected chi connectivity index (χ0v) is 11.3. The topological polar surface area (TPSA) is 17.1 Å². The summed E-state index contributed by atoms with van der Waals surface area (Å²) in [7, 11) is -1.64. The van der Waals surface area contributed by atoms with E-state index in [9.17, 15) is 4.79 Å². The Hall–Kier alpha value is -1.41. The lowest BCUT2D eigenvalue weighted by Gasteiger charge is -2.35. The van der Waals surface area contributed by atoms with Crippen LogP contribution in [0.4, 0.5) is 0 Å². The Bertz CT molecular complexity index is 564. The molecular weight excluding hydrogens is 224 g/mol. The average molecular weight is 240 g/mol. The minimum atomic E-state index is -1.64. The van der Waals surface area contributed by atoms with Crippen molar-refractivity contribution < 1.29 is 4.79 Å². The Labute approximate surface area is 103 Å². The number of rotatable bonds is 0. The molecule has 0 bridgehead atoms. The van der Waals surface area contributed by atoms with Gasteiger partial charge in [0.05, 0.1) is 0 Å². The summed E-state index contributed by atoms with van der Waals surface area (Å²) in [6.45, 7) is 4.70. The van der Waals surface area contributed by atoms with Crippen molar-refractivity contribution in [3.05, 3.63) is 52.8 Å². The third-order valence-electron chi connectivity index (χ3n) is 3.98. The summed E-state index contributed by atoms with van der Waals surface area (Å²) in [6, 6.07) is 8.63. The van der Waals surface area contributed by atoms with Crippen molar-refractivity contribution in [2.75, 3.05) is 0 Å². The van der Waals surface area contributed by atoms with E-state index in [2.05, 4.69) is 43.4 Å². The molecule has 2 heteroatoms. The summed E-state index contributed by atoms with van der Waals surface area (Å²) in [6.07, 6.45) is 5.67. The fraction of sp³-hybridized carbons (Fsp3) is 0.267. The highest BCUT2D eigenvalue weighted by Gasteiger charge is 2.37. The molecule has 0 saturated carbocycles. The summed E-state index contributed by atoms with van der Waals surface area (Å²) < 4.78 is 0. The van der Waals surface area contributed by atoms with Gasteiger partial charge in [0.15, 0.2) is 5.78 Å². The molecule has 1 nitrogen and oxygen atoms in total. The van der Waals surface area contributed by atoms with Crippen LogP contribution in [-0.2, 0) is 11.2 Å². The largest absolute Gasteiger partial charge is 0.294 e. The number of Topliss-reactive ketones (excluding diaryl/α,β-unsaturated/α-hetero) is 1. The Morgan fingerprint density at radius 3 is 2.76 bits per heavy atom. The van der Waals surface area contributed by atoms with Gasteiger partial charge in [0.1, 0.15) is 8.07 Å². The summed E-state index contributed by atoms with van der Waals surface area (Å²) in [5.41, 5.74) is 2.45. The summed E-state index contributed by atoms with van der Waals surface area (Å²) >= 11 is 0. The molecule has 0 unspecified atom stereocenters. The number of ketones is 1. The van der Waals surface area contributed by atoms with E-state index in [1.165, 1.54) is 15.9 Å². The zero-order valence-electron chi connectivity index (χ0n) is 10.3. The fourth-order valence-corrected chi connectivity index (χ4v) is 6.35. The molecule has 1 aliphatic carbocycles. The third kappa shape index (κ3) is 1.47. The van der Waals surface area contributed by atoms with Crippen molar-refractivity contribution in [2.45, 2.75) is 25.9 Å². The molecule has 0 saturated heterocycles. The second kappa shape index (κ2) is 3.54. The third-order valence-corrected chi connectivity index (χ3v) is 7.63. The molecule has 2 aliphatic rings. The number of hydrogen-bond donors (Lipinski definition) is 0. The van der Waals surface area contributed by atoms with Gasteiger partial charge in [-0.1, -0.05) is 54.7 Å². The van der Waals surface area contributed by atoms with Gasteiger partial charge in [-0.05, 0) is 16.3 Å². The highest BCUT2D eigenvalue weighted by Crippen LogP contribution is 2.32. The molecule has 1 heterocycles. The molecule has 0 radical (unpaired) electrons. The molecule has 0 spiro atoms. The summed E-state index contributed by atoms with van der Waals surface area (Å²) in [5.74, 6) is 0.331. The molecule has 0 fully saturated rings. The Morgan fingerprint density at radius 1 is 1.18 bits per heavy atom. The summed E-state index contributed by atoms with van der Waals surface area (Å²) in [4.78, 5) is 12.0. The van der Waals surface area contributed by atoms with Crippen LogP contribution in [0.5, 0.6) is 0 Å². The number of carbonyl (C=O) groups is 1. The number of allylic oxidation sites excluding steroid dienone is 4. The maximum absolute atomic E-state index is 12.0. The normalized spacial score (nSPS) is 21.2. The first kappa shape index (κ1) is 10.7. The first-order valence-electron chi connectivity index (χ1n) is 6.12. The van der Waals surface area contributed by atoms with Gasteiger partial charge in [-0.2, -0.15) is 0 Å². The van der Waals surface area contributed by atoms with Crippen LogP contribution < -0.4 is 5.19 Å². The zero-order chi connectivity index (χ0) is 12.0. The van der Waals surface area contributed by atoms with Gasteiger partial charge in [0, 0.05) is 12.8 Å². The molecule has 0 N–H and O–H groups in total. The van der Waals surface area contributed by atoms with E-state index in [0.717, 1.165) is 12.0 Å². The van der Waals surface area contributed by atoms with Crippen molar-refractivity contribution in [3.8, 4) is 0 Å². The van der Waals surface area contributed by atoms with E-state index in [4.69, 9.17) is 0 Å². The number of carbonyl (C=O) groups excluding carboxylic acids is 1. The predicted octanol–water partition coefficient (Wildman–Crippen LogP) is 2.52. The minimum Gasteiger partial charge on any atom is -0.294 e. The van der Waals surface area contributed by atoms with Gasteiger partial charge in [-0.25, -0.2) is 0 Å². The molecule has 17 heavy (non-hydrogen) atoms. The first-order valence-corrected chi connectivity index (χ1v) is 9.12. The van der Waals surface area contributed by atoms with Crippen LogP contribution in [0.25, 0.3) is 0 Å². The SMILES string of the molecule is C[Si]1(C)C2=C(Cc3ccccc31)C(=O)CC=C2. The number of hydrogen-bond acceptors (Lipinski definition) is 1. The average Bonchev–Trinajstić information content (AvgIpc) is 2.31. The molecular formula is C15H16OSi. The fourth-order valence-electron chi connectivity index (χ4n) is 3.06. The van der Waals surface area contributed by atoms with Crippen LogP contribution in [0.1, 0.15) is 12.0 Å². The van der Waals surface area contributed by atoms with E-state index < -0.39 is 8.07 Å². The monoisotopic (exact) mass is 240 g/mol. The molecule has 86 valence electrons. The second-order valence-corrected chi connectivity index (χ2v) is 9.71. The Kier molecular flexibility index (Phi) is 2.23. The van der Waals surface area contributed by atoms with Gasteiger partial charge in [0.2, 0.25) is 0 Å². The Morgan fingerprint density at radius 2 is 1.94 bits per heavy atom. The molecule has 0 aromatic heterocycles. The van der Waals surface area contributed by atoms with Gasteiger partial charge in [0.25, 0.3) is 0 Å². The highest BCUT2D eigenvalue weighted by atomic mass is 28.3. The predicted molar refractivity (Wildman–Crippen MR) is 73.1 cm³/mol. The van der Waals surface area contributed by atoms with E-state index in [1.807, 2.05) is 6.08 Å². The van der Waals surface area contributed by atoms with Gasteiger partial charge >= 0.3 is 0 Å². The van der Waals surface area contributed by atoms with Gasteiger partial charge in [-0.15, -0.1) is 0 Å². The second-order valence-electron chi connectivity index (χ2n) is 5.38.